The van der Waals surface area contributed by atoms with Crippen LogP contribution in [0.3, 0.4) is 0 Å². The second-order valence-electron chi connectivity index (χ2n) is 6.67. The van der Waals surface area contributed by atoms with Crippen LogP contribution < -0.4 is 4.74 Å². The molecule has 0 aliphatic carbocycles. The van der Waals surface area contributed by atoms with Crippen LogP contribution in [0.15, 0.2) is 42.5 Å². The fourth-order valence-electron chi connectivity index (χ4n) is 3.66. The number of H-pyrrole nitrogens is 1. The number of ether oxygens (including phenoxy) is 1. The van der Waals surface area contributed by atoms with E-state index in [1.165, 1.54) is 12.1 Å². The fraction of sp³-hybridized carbons (Fsp3) is 0.300. The maximum atomic E-state index is 13.1. The lowest BCUT2D eigenvalue weighted by atomic mass is 10.1. The number of aromatic nitrogens is 2. The van der Waals surface area contributed by atoms with Gasteiger partial charge in [0.1, 0.15) is 5.82 Å². The number of hydrogen-bond donors (Lipinski definition) is 1. The second kappa shape index (κ2) is 7.30. The lowest BCUT2D eigenvalue weighted by molar-refractivity contribution is -0.385. The fourth-order valence-corrected chi connectivity index (χ4v) is 3.66. The van der Waals surface area contributed by atoms with Crippen LogP contribution >= 0.6 is 0 Å². The highest BCUT2D eigenvalue weighted by atomic mass is 16.6. The third kappa shape index (κ3) is 3.17. The molecule has 4 rings (SSSR count). The van der Waals surface area contributed by atoms with E-state index < -0.39 is 4.92 Å². The van der Waals surface area contributed by atoms with E-state index in [1.54, 1.807) is 17.9 Å². The highest BCUT2D eigenvalue weighted by molar-refractivity contribution is 5.95. The van der Waals surface area contributed by atoms with Gasteiger partial charge in [0, 0.05) is 18.2 Å². The van der Waals surface area contributed by atoms with Gasteiger partial charge in [0.2, 0.25) is 0 Å². The van der Waals surface area contributed by atoms with Crippen molar-refractivity contribution in [3.63, 3.8) is 0 Å². The number of carbonyl (C=O) groups excluding carboxylic acids is 1. The summed E-state index contributed by atoms with van der Waals surface area (Å²) in [6.45, 7) is 2.65. The molecule has 1 N–H and O–H groups in total. The molecule has 1 saturated heterocycles. The van der Waals surface area contributed by atoms with Crippen molar-refractivity contribution in [2.75, 3.05) is 13.2 Å². The van der Waals surface area contributed by atoms with Crippen molar-refractivity contribution in [3.05, 3.63) is 64.0 Å². The summed E-state index contributed by atoms with van der Waals surface area (Å²) in [4.78, 5) is 33.6. The van der Waals surface area contributed by atoms with Crippen LogP contribution in [-0.2, 0) is 0 Å². The Morgan fingerprint density at radius 2 is 2.18 bits per heavy atom. The number of nitrogens with one attached hydrogen (secondary N) is 1. The van der Waals surface area contributed by atoms with Crippen LogP contribution in [0.1, 0.15) is 42.0 Å². The number of likely N-dealkylation sites (tertiary alicyclic amines) is 1. The Labute approximate surface area is 161 Å². The number of nitro groups is 1. The van der Waals surface area contributed by atoms with Crippen molar-refractivity contribution >= 4 is 22.6 Å². The van der Waals surface area contributed by atoms with E-state index in [1.807, 2.05) is 24.3 Å². The zero-order valence-corrected chi connectivity index (χ0v) is 15.4. The summed E-state index contributed by atoms with van der Waals surface area (Å²) in [6.07, 6.45) is 1.65. The van der Waals surface area contributed by atoms with Gasteiger partial charge in [0.05, 0.1) is 28.6 Å². The molecule has 1 aliphatic rings. The lowest BCUT2D eigenvalue weighted by Crippen LogP contribution is -2.31. The van der Waals surface area contributed by atoms with E-state index >= 15 is 0 Å². The van der Waals surface area contributed by atoms with Crippen LogP contribution in [-0.4, -0.2) is 38.8 Å². The number of para-hydroxylation sites is 2. The van der Waals surface area contributed by atoms with Crippen LogP contribution in [0.4, 0.5) is 5.69 Å². The molecule has 8 heteroatoms. The summed E-state index contributed by atoms with van der Waals surface area (Å²) in [5.41, 5.74) is 1.85. The molecule has 1 amide bonds. The molecule has 0 spiro atoms. The van der Waals surface area contributed by atoms with Gasteiger partial charge in [-0.3, -0.25) is 14.9 Å². The highest BCUT2D eigenvalue weighted by Crippen LogP contribution is 2.34. The molecule has 144 valence electrons. The van der Waals surface area contributed by atoms with Gasteiger partial charge in [-0.15, -0.1) is 0 Å². The molecule has 1 atom stereocenters. The van der Waals surface area contributed by atoms with Crippen LogP contribution in [0, 0.1) is 10.1 Å². The average Bonchev–Trinajstić information content (AvgIpc) is 3.34. The molecule has 0 bridgehead atoms. The normalized spacial score (nSPS) is 16.5. The minimum absolute atomic E-state index is 0.166. The smallest absolute Gasteiger partial charge is 0.311 e. The Hall–Kier alpha value is -3.42. The van der Waals surface area contributed by atoms with Crippen molar-refractivity contribution in [1.82, 2.24) is 14.9 Å². The van der Waals surface area contributed by atoms with Gasteiger partial charge in [-0.25, -0.2) is 4.98 Å². The van der Waals surface area contributed by atoms with E-state index in [-0.39, 0.29) is 28.9 Å². The molecule has 1 fully saturated rings. The van der Waals surface area contributed by atoms with Crippen molar-refractivity contribution in [1.29, 1.82) is 0 Å². The summed E-state index contributed by atoms with van der Waals surface area (Å²) in [7, 11) is 0. The first-order valence-electron chi connectivity index (χ1n) is 9.25. The summed E-state index contributed by atoms with van der Waals surface area (Å²) in [5, 5.41) is 11.4. The predicted molar refractivity (Wildman–Crippen MR) is 103 cm³/mol. The molecule has 0 saturated carbocycles. The van der Waals surface area contributed by atoms with Crippen molar-refractivity contribution in [2.45, 2.75) is 25.8 Å². The van der Waals surface area contributed by atoms with Gasteiger partial charge in [0.15, 0.2) is 5.75 Å². The van der Waals surface area contributed by atoms with Crippen LogP contribution in [0.5, 0.6) is 5.75 Å². The minimum Gasteiger partial charge on any atom is -0.487 e. The Kier molecular flexibility index (Phi) is 4.68. The third-order valence-corrected chi connectivity index (χ3v) is 4.94. The first-order chi connectivity index (χ1) is 13.6. The number of fused-ring (bicyclic) bond motifs is 1. The molecule has 2 aromatic carbocycles. The summed E-state index contributed by atoms with van der Waals surface area (Å²) in [5.74, 6) is 0.667. The lowest BCUT2D eigenvalue weighted by Gasteiger charge is -2.23. The number of imidazole rings is 1. The number of amides is 1. The van der Waals surface area contributed by atoms with E-state index in [9.17, 15) is 14.9 Å². The molecule has 1 aromatic heterocycles. The first-order valence-corrected chi connectivity index (χ1v) is 9.25. The maximum absolute atomic E-state index is 13.1. The van der Waals surface area contributed by atoms with Gasteiger partial charge in [-0.05, 0) is 44.0 Å². The summed E-state index contributed by atoms with van der Waals surface area (Å²) in [6, 6.07) is 11.9. The van der Waals surface area contributed by atoms with E-state index in [0.717, 1.165) is 29.7 Å². The standard InChI is InChI=1S/C20H20N4O4/c1-2-28-18-10-9-13(12-17(18)24(26)27)20(25)23-11-5-8-16(23)19-21-14-6-3-4-7-15(14)22-19/h3-4,6-7,9-10,12,16H,2,5,8,11H2,1H3,(H,21,22)/t16-/m0/s1. The molecule has 2 heterocycles. The van der Waals surface area contributed by atoms with Gasteiger partial charge in [-0.2, -0.15) is 0 Å². The van der Waals surface area contributed by atoms with Gasteiger partial charge in [0.25, 0.3) is 5.91 Å². The van der Waals surface area contributed by atoms with Crippen molar-refractivity contribution in [3.8, 4) is 5.75 Å². The minimum atomic E-state index is -0.525. The largest absolute Gasteiger partial charge is 0.487 e. The molecule has 3 aromatic rings. The van der Waals surface area contributed by atoms with E-state index in [4.69, 9.17) is 4.74 Å². The van der Waals surface area contributed by atoms with Gasteiger partial charge in [-0.1, -0.05) is 12.1 Å². The number of benzene rings is 2. The Bertz CT molecular complexity index is 1010. The molecule has 28 heavy (non-hydrogen) atoms. The second-order valence-corrected chi connectivity index (χ2v) is 6.67. The zero-order chi connectivity index (χ0) is 19.7. The molecule has 0 unspecified atom stereocenters. The number of carbonyl (C=O) groups is 1. The Morgan fingerprint density at radius 3 is 2.93 bits per heavy atom. The number of aromatic amines is 1. The van der Waals surface area contributed by atoms with Gasteiger partial charge < -0.3 is 14.6 Å². The number of nitrogens with zero attached hydrogens (tertiary/aromatic N) is 3. The maximum Gasteiger partial charge on any atom is 0.311 e. The Balaban J connectivity index is 1.65. The van der Waals surface area contributed by atoms with Crippen molar-refractivity contribution in [2.24, 2.45) is 0 Å². The third-order valence-electron chi connectivity index (χ3n) is 4.94. The first kappa shape index (κ1) is 18.0. The molecule has 1 aliphatic heterocycles. The number of hydrogen-bond acceptors (Lipinski definition) is 5. The highest BCUT2D eigenvalue weighted by Gasteiger charge is 2.33. The Morgan fingerprint density at radius 1 is 1.36 bits per heavy atom. The summed E-state index contributed by atoms with van der Waals surface area (Å²) >= 11 is 0. The van der Waals surface area contributed by atoms with E-state index in [2.05, 4.69) is 9.97 Å². The topological polar surface area (TPSA) is 101 Å². The molecule has 0 radical (unpaired) electrons. The van der Waals surface area contributed by atoms with Crippen molar-refractivity contribution < 1.29 is 14.5 Å². The molecule has 8 nitrogen and oxygen atoms in total. The molecular weight excluding hydrogens is 360 g/mol. The van der Waals surface area contributed by atoms with Crippen LogP contribution in [0.25, 0.3) is 11.0 Å². The number of nitro benzene ring substituents is 1. The SMILES string of the molecule is CCOc1ccc(C(=O)N2CCC[C@H]2c2nc3ccccc3[nH]2)cc1[N+](=O)[O-]. The van der Waals surface area contributed by atoms with Gasteiger partial charge >= 0.3 is 5.69 Å². The number of rotatable bonds is 5. The molecular formula is C20H20N4O4. The summed E-state index contributed by atoms with van der Waals surface area (Å²) < 4.78 is 5.30. The monoisotopic (exact) mass is 380 g/mol. The van der Waals surface area contributed by atoms with E-state index in [0.29, 0.717) is 13.2 Å². The quantitative estimate of drug-likeness (QED) is 0.535. The predicted octanol–water partition coefficient (Wildman–Crippen LogP) is 3.85. The average molecular weight is 380 g/mol. The van der Waals surface area contributed by atoms with Crippen LogP contribution in [0.2, 0.25) is 0 Å². The zero-order valence-electron chi connectivity index (χ0n) is 15.4.